The molecule has 4 rings (SSSR count). The molecule has 2 aliphatic rings. The molecule has 2 saturated heterocycles. The second kappa shape index (κ2) is 8.31. The summed E-state index contributed by atoms with van der Waals surface area (Å²) in [5.41, 5.74) is 1.52. The Labute approximate surface area is 180 Å². The number of hydrogen-bond donors (Lipinski definition) is 0. The fourth-order valence-corrected chi connectivity index (χ4v) is 7.72. The molecule has 30 heavy (non-hydrogen) atoms. The minimum atomic E-state index is -3.12. The molecule has 2 fully saturated rings. The first kappa shape index (κ1) is 20.7. The number of fused-ring (bicyclic) bond motifs is 1. The first-order valence-corrected chi connectivity index (χ1v) is 12.1. The maximum atomic E-state index is 12.8. The van der Waals surface area contributed by atoms with Crippen molar-refractivity contribution in [3.8, 4) is 11.5 Å². The summed E-state index contributed by atoms with van der Waals surface area (Å²) >= 11 is 1.35. The third-order valence-corrected chi connectivity index (χ3v) is 8.36. The summed E-state index contributed by atoms with van der Waals surface area (Å²) in [6.07, 6.45) is 0.105. The maximum Gasteiger partial charge on any atom is 0.252 e. The van der Waals surface area contributed by atoms with Crippen LogP contribution in [0.3, 0.4) is 0 Å². The zero-order valence-electron chi connectivity index (χ0n) is 16.6. The van der Waals surface area contributed by atoms with Gasteiger partial charge in [0.05, 0.1) is 38.2 Å². The van der Waals surface area contributed by atoms with Crippen molar-refractivity contribution in [2.75, 3.05) is 30.6 Å². The third-order valence-electron chi connectivity index (χ3n) is 5.15. The summed E-state index contributed by atoms with van der Waals surface area (Å²) in [5.74, 6) is 1.11. The van der Waals surface area contributed by atoms with Gasteiger partial charge in [0, 0.05) is 22.6 Å². The number of anilines is 1. The number of methoxy groups -OCH3 is 2. The normalized spacial score (nSPS) is 23.4. The molecule has 158 valence electrons. The number of benzene rings is 2. The molecule has 0 spiro atoms. The van der Waals surface area contributed by atoms with Crippen molar-refractivity contribution in [2.45, 2.75) is 17.7 Å². The molecule has 0 saturated carbocycles. The summed E-state index contributed by atoms with van der Waals surface area (Å²) in [7, 11) is 0.0177. The molecule has 2 unspecified atom stereocenters. The van der Waals surface area contributed by atoms with Gasteiger partial charge in [-0.15, -0.1) is 0 Å². The fraction of sp³-hybridized carbons (Fsp3) is 0.333. The van der Waals surface area contributed by atoms with Crippen LogP contribution in [0.1, 0.15) is 5.56 Å². The van der Waals surface area contributed by atoms with E-state index in [1.165, 1.54) is 11.8 Å². The maximum absolute atomic E-state index is 12.8. The number of hydrogen-bond acceptors (Lipinski definition) is 6. The highest BCUT2D eigenvalue weighted by Crippen LogP contribution is 2.41. The van der Waals surface area contributed by atoms with Crippen molar-refractivity contribution in [3.05, 3.63) is 54.1 Å². The van der Waals surface area contributed by atoms with Gasteiger partial charge >= 0.3 is 0 Å². The van der Waals surface area contributed by atoms with Gasteiger partial charge in [-0.25, -0.2) is 8.42 Å². The second-order valence-electron chi connectivity index (χ2n) is 7.15. The van der Waals surface area contributed by atoms with Gasteiger partial charge in [0.15, 0.2) is 15.0 Å². The Bertz CT molecular complexity index is 1100. The van der Waals surface area contributed by atoms with E-state index in [4.69, 9.17) is 9.47 Å². The number of rotatable bonds is 5. The number of para-hydroxylation sites is 1. The number of thioether (sulfide) groups is 1. The monoisotopic (exact) mass is 446 g/mol. The summed E-state index contributed by atoms with van der Waals surface area (Å²) < 4.78 is 35.0. The van der Waals surface area contributed by atoms with Gasteiger partial charge < -0.3 is 14.4 Å². The van der Waals surface area contributed by atoms with Crippen molar-refractivity contribution in [1.29, 1.82) is 0 Å². The number of nitrogens with zero attached hydrogens (tertiary/aromatic N) is 2. The number of amidine groups is 1. The predicted octanol–water partition coefficient (Wildman–Crippen LogP) is 2.55. The van der Waals surface area contributed by atoms with Gasteiger partial charge in [-0.2, -0.15) is 4.99 Å². The van der Waals surface area contributed by atoms with E-state index in [9.17, 15) is 13.2 Å². The molecule has 0 bridgehead atoms. The van der Waals surface area contributed by atoms with Crippen molar-refractivity contribution in [2.24, 2.45) is 4.99 Å². The smallest absolute Gasteiger partial charge is 0.252 e. The van der Waals surface area contributed by atoms with Crippen LogP contribution in [-0.2, 0) is 21.1 Å². The van der Waals surface area contributed by atoms with Crippen LogP contribution in [0.4, 0.5) is 5.69 Å². The number of ether oxygens (including phenoxy) is 2. The molecule has 0 aromatic heterocycles. The van der Waals surface area contributed by atoms with E-state index in [1.807, 2.05) is 47.4 Å². The molecule has 0 N–H and O–H groups in total. The van der Waals surface area contributed by atoms with Gasteiger partial charge in [0.25, 0.3) is 5.91 Å². The van der Waals surface area contributed by atoms with Crippen molar-refractivity contribution in [1.82, 2.24) is 0 Å². The van der Waals surface area contributed by atoms with E-state index in [0.717, 1.165) is 11.3 Å². The highest BCUT2D eigenvalue weighted by atomic mass is 32.2. The highest BCUT2D eigenvalue weighted by molar-refractivity contribution is 8.16. The number of amides is 1. The van der Waals surface area contributed by atoms with Crippen LogP contribution in [0.5, 0.6) is 11.5 Å². The molecule has 7 nitrogen and oxygen atoms in total. The first-order valence-electron chi connectivity index (χ1n) is 9.44. The zero-order valence-corrected chi connectivity index (χ0v) is 18.3. The van der Waals surface area contributed by atoms with E-state index in [0.29, 0.717) is 16.7 Å². The summed E-state index contributed by atoms with van der Waals surface area (Å²) in [4.78, 5) is 19.0. The molecular weight excluding hydrogens is 424 g/mol. The minimum Gasteiger partial charge on any atom is -0.497 e. The summed E-state index contributed by atoms with van der Waals surface area (Å²) in [6, 6.07) is 14.4. The fourth-order valence-electron chi connectivity index (χ4n) is 3.78. The van der Waals surface area contributed by atoms with Crippen LogP contribution in [0.2, 0.25) is 0 Å². The molecule has 1 amide bonds. The highest BCUT2D eigenvalue weighted by Gasteiger charge is 2.49. The van der Waals surface area contributed by atoms with E-state index < -0.39 is 9.84 Å². The molecule has 9 heteroatoms. The van der Waals surface area contributed by atoms with Gasteiger partial charge in [0.1, 0.15) is 11.5 Å². The van der Waals surface area contributed by atoms with Gasteiger partial charge in [0.2, 0.25) is 0 Å². The first-order chi connectivity index (χ1) is 14.4. The molecule has 0 radical (unpaired) electrons. The third kappa shape index (κ3) is 4.17. The minimum absolute atomic E-state index is 0.0432. The van der Waals surface area contributed by atoms with Crippen molar-refractivity contribution >= 4 is 38.4 Å². The van der Waals surface area contributed by atoms with Gasteiger partial charge in [-0.05, 0) is 18.2 Å². The number of carbonyl (C=O) groups is 1. The lowest BCUT2D eigenvalue weighted by atomic mass is 10.1. The number of sulfone groups is 1. The van der Waals surface area contributed by atoms with E-state index in [-0.39, 0.29) is 35.1 Å². The Kier molecular flexibility index (Phi) is 5.75. The van der Waals surface area contributed by atoms with E-state index >= 15 is 0 Å². The van der Waals surface area contributed by atoms with Crippen LogP contribution in [0.25, 0.3) is 0 Å². The quantitative estimate of drug-likeness (QED) is 0.698. The molecule has 2 atom stereocenters. The predicted molar refractivity (Wildman–Crippen MR) is 118 cm³/mol. The van der Waals surface area contributed by atoms with Crippen LogP contribution >= 0.6 is 11.8 Å². The molecule has 2 aliphatic heterocycles. The molecule has 2 aromatic rings. The average molecular weight is 447 g/mol. The van der Waals surface area contributed by atoms with Crippen LogP contribution in [0.15, 0.2) is 53.5 Å². The van der Waals surface area contributed by atoms with Gasteiger partial charge in [-0.3, -0.25) is 4.79 Å². The van der Waals surface area contributed by atoms with Crippen LogP contribution < -0.4 is 14.4 Å². The van der Waals surface area contributed by atoms with Crippen molar-refractivity contribution in [3.63, 3.8) is 0 Å². The van der Waals surface area contributed by atoms with Crippen LogP contribution in [-0.4, -0.2) is 56.5 Å². The standard InChI is InChI=1S/C21H22N2O5S2/c1-27-16-8-5-7-15(11-16)23-17-12-30(25,26)13-19(17)29-21(23)22-20(24)10-14-6-3-4-9-18(14)28-2/h3-9,11,17,19H,10,12-13H2,1-2H3. The Morgan fingerprint density at radius 3 is 2.70 bits per heavy atom. The van der Waals surface area contributed by atoms with Crippen molar-refractivity contribution < 1.29 is 22.7 Å². The zero-order chi connectivity index (χ0) is 21.3. The largest absolute Gasteiger partial charge is 0.497 e. The molecule has 0 aliphatic carbocycles. The lowest BCUT2D eigenvalue weighted by molar-refractivity contribution is -0.117. The second-order valence-corrected chi connectivity index (χ2v) is 10.5. The average Bonchev–Trinajstić information content (AvgIpc) is 3.18. The van der Waals surface area contributed by atoms with E-state index in [2.05, 4.69) is 4.99 Å². The Hall–Kier alpha value is -2.52. The molecular formula is C21H22N2O5S2. The Morgan fingerprint density at radius 2 is 1.93 bits per heavy atom. The molecule has 2 aromatic carbocycles. The lowest BCUT2D eigenvalue weighted by Gasteiger charge is -2.24. The van der Waals surface area contributed by atoms with Crippen LogP contribution in [0, 0.1) is 0 Å². The summed E-state index contributed by atoms with van der Waals surface area (Å²) in [5, 5.41) is 0.368. The number of aliphatic imine (C=N–C) groups is 1. The SMILES string of the molecule is COc1cccc(N2C(=NC(=O)Cc3ccccc3OC)SC3CS(=O)(=O)CC32)c1. The Balaban J connectivity index is 1.66. The summed E-state index contributed by atoms with van der Waals surface area (Å²) in [6.45, 7) is 0. The lowest BCUT2D eigenvalue weighted by Crippen LogP contribution is -2.37. The van der Waals surface area contributed by atoms with E-state index in [1.54, 1.807) is 20.3 Å². The Morgan fingerprint density at radius 1 is 1.13 bits per heavy atom. The van der Waals surface area contributed by atoms with Gasteiger partial charge in [-0.1, -0.05) is 36.0 Å². The topological polar surface area (TPSA) is 85.3 Å². The number of carbonyl (C=O) groups excluding carboxylic acids is 1. The molecule has 2 heterocycles.